The van der Waals surface area contributed by atoms with Crippen LogP contribution in [0.5, 0.6) is 0 Å². The van der Waals surface area contributed by atoms with E-state index in [1.54, 1.807) is 37.9 Å². The van der Waals surface area contributed by atoms with Gasteiger partial charge in [0.25, 0.3) is 11.8 Å². The van der Waals surface area contributed by atoms with E-state index in [2.05, 4.69) is 6.07 Å². The third kappa shape index (κ3) is 1.86. The quantitative estimate of drug-likeness (QED) is 0.704. The molecule has 2 unspecified atom stereocenters. The minimum Gasteiger partial charge on any atom is -0.319 e. The zero-order valence-corrected chi connectivity index (χ0v) is 15.6. The zero-order valence-electron chi connectivity index (χ0n) is 13.9. The number of nitrogens with zero attached hydrogens (tertiary/aromatic N) is 3. The van der Waals surface area contributed by atoms with E-state index in [1.807, 2.05) is 0 Å². The van der Waals surface area contributed by atoms with E-state index in [0.29, 0.717) is 5.56 Å². The summed E-state index contributed by atoms with van der Waals surface area (Å²) in [5, 5.41) is 9.88. The number of rotatable bonds is 1. The molecule has 5 nitrogen and oxygen atoms in total. The largest absolute Gasteiger partial charge is 0.319 e. The highest BCUT2D eigenvalue weighted by Gasteiger charge is 2.74. The molecule has 8 heteroatoms. The lowest BCUT2D eigenvalue weighted by Gasteiger charge is -2.57. The maximum atomic E-state index is 13.4. The summed E-state index contributed by atoms with van der Waals surface area (Å²) in [7, 11) is 4.38. The van der Waals surface area contributed by atoms with Gasteiger partial charge in [0.1, 0.15) is 5.82 Å². The summed E-state index contributed by atoms with van der Waals surface area (Å²) in [5.41, 5.74) is -0.263. The lowest BCUT2D eigenvalue weighted by Crippen LogP contribution is -2.73. The Balaban J connectivity index is 1.93. The number of carbonyl (C=O) groups is 2. The second-order valence-electron chi connectivity index (χ2n) is 7.13. The van der Waals surface area contributed by atoms with Crippen LogP contribution in [0.4, 0.5) is 4.39 Å². The van der Waals surface area contributed by atoms with Crippen LogP contribution in [0, 0.1) is 22.6 Å². The molecule has 0 N–H and O–H groups in total. The van der Waals surface area contributed by atoms with Gasteiger partial charge < -0.3 is 9.80 Å². The normalized spacial score (nSPS) is 39.6. The topological polar surface area (TPSA) is 64.4 Å². The van der Waals surface area contributed by atoms with Gasteiger partial charge in [-0.3, -0.25) is 9.59 Å². The molecule has 2 bridgehead atoms. The number of piperazine rings is 1. The summed E-state index contributed by atoms with van der Waals surface area (Å²) in [6.07, 6.45) is 0.251. The van der Waals surface area contributed by atoms with Crippen LogP contribution < -0.4 is 0 Å². The van der Waals surface area contributed by atoms with Crippen molar-refractivity contribution in [3.05, 3.63) is 35.6 Å². The van der Waals surface area contributed by atoms with Gasteiger partial charge in [-0.05, 0) is 31.5 Å². The average Bonchev–Trinajstić information content (AvgIpc) is 2.87. The molecular weight excluding hydrogens is 361 g/mol. The fourth-order valence-electron chi connectivity index (χ4n) is 4.07. The van der Waals surface area contributed by atoms with Crippen molar-refractivity contribution in [2.45, 2.75) is 36.1 Å². The van der Waals surface area contributed by atoms with Gasteiger partial charge in [-0.25, -0.2) is 4.39 Å². The number of likely N-dealkylation sites (N-methyl/N-ethyl adjacent to an activating group) is 1. The first kappa shape index (κ1) is 16.7. The Kier molecular flexibility index (Phi) is 3.29. The van der Waals surface area contributed by atoms with Crippen molar-refractivity contribution >= 4 is 33.4 Å². The van der Waals surface area contributed by atoms with Gasteiger partial charge in [0.05, 0.1) is 17.5 Å². The molecule has 5 rings (SSSR count). The van der Waals surface area contributed by atoms with E-state index >= 15 is 0 Å². The number of carbonyl (C=O) groups excluding carboxylic acids is 2. The first-order chi connectivity index (χ1) is 11.7. The molecule has 1 aromatic carbocycles. The molecule has 1 spiro atoms. The molecule has 130 valence electrons. The van der Waals surface area contributed by atoms with Crippen molar-refractivity contribution in [3.63, 3.8) is 0 Å². The summed E-state index contributed by atoms with van der Waals surface area (Å²) >= 11 is 0. The van der Waals surface area contributed by atoms with Crippen LogP contribution in [-0.2, 0) is 9.59 Å². The molecule has 0 saturated carbocycles. The van der Waals surface area contributed by atoms with Crippen molar-refractivity contribution in [2.24, 2.45) is 5.41 Å². The molecule has 4 heterocycles. The van der Waals surface area contributed by atoms with Gasteiger partial charge >= 0.3 is 0 Å². The van der Waals surface area contributed by atoms with Crippen molar-refractivity contribution in [1.29, 1.82) is 5.26 Å². The Morgan fingerprint density at radius 3 is 2.44 bits per heavy atom. The first-order valence-electron chi connectivity index (χ1n) is 7.85. The van der Waals surface area contributed by atoms with Crippen molar-refractivity contribution in [2.75, 3.05) is 7.05 Å². The maximum Gasteiger partial charge on any atom is 0.261 e. The number of fused-ring (bicyclic) bond motifs is 2. The third-order valence-corrected chi connectivity index (χ3v) is 9.23. The molecule has 2 amide bonds. The molecule has 4 atom stereocenters. The van der Waals surface area contributed by atoms with Gasteiger partial charge in [-0.2, -0.15) is 5.26 Å². The van der Waals surface area contributed by atoms with Gasteiger partial charge in [-0.15, -0.1) is 0 Å². The Morgan fingerprint density at radius 2 is 1.84 bits per heavy atom. The Morgan fingerprint density at radius 1 is 1.20 bits per heavy atom. The van der Waals surface area contributed by atoms with Crippen LogP contribution in [0.3, 0.4) is 0 Å². The minimum absolute atomic E-state index is 0.149. The van der Waals surface area contributed by atoms with E-state index < -0.39 is 21.2 Å². The Hall–Kier alpha value is -1.72. The zero-order chi connectivity index (χ0) is 18.2. The van der Waals surface area contributed by atoms with E-state index in [0.717, 1.165) is 0 Å². The summed E-state index contributed by atoms with van der Waals surface area (Å²) in [6.45, 7) is 3.51. The minimum atomic E-state index is -1.09. The SMILES string of the molecule is CN1C(=O)C23C[C@](C)(C#N)C(c4ccc(F)cc4)N2C(=O)[C@]1(C)SS3. The molecular formula is C17H16FN3O2S2. The number of nitriles is 1. The van der Waals surface area contributed by atoms with Crippen LogP contribution >= 0.6 is 21.6 Å². The standard InChI is InChI=1S/C17H16FN3O2S2/c1-15(9-19)8-17-14(23)20(3)16(2,24-25-17)13(22)21(17)12(15)10-4-6-11(18)7-5-10/h4-7,12H,8H2,1-3H3/t12?,15-,16+,17?/m1/s1. The Bertz CT molecular complexity index is 841. The van der Waals surface area contributed by atoms with E-state index in [9.17, 15) is 19.2 Å². The molecule has 4 aliphatic rings. The van der Waals surface area contributed by atoms with Crippen molar-refractivity contribution in [3.8, 4) is 6.07 Å². The predicted molar refractivity (Wildman–Crippen MR) is 93.4 cm³/mol. The summed E-state index contributed by atoms with van der Waals surface area (Å²) < 4.78 is 13.4. The average molecular weight is 377 g/mol. The number of halogens is 1. The molecule has 25 heavy (non-hydrogen) atoms. The van der Waals surface area contributed by atoms with E-state index in [1.165, 1.54) is 38.6 Å². The second-order valence-corrected chi connectivity index (χ2v) is 9.94. The van der Waals surface area contributed by atoms with E-state index in [-0.39, 0.29) is 24.1 Å². The predicted octanol–water partition coefficient (Wildman–Crippen LogP) is 2.91. The van der Waals surface area contributed by atoms with Gasteiger partial charge in [-0.1, -0.05) is 33.7 Å². The number of hydrogen-bond donors (Lipinski definition) is 0. The molecule has 1 aromatic rings. The van der Waals surface area contributed by atoms with Crippen LogP contribution in [0.1, 0.15) is 31.9 Å². The highest BCUT2D eigenvalue weighted by atomic mass is 33.1. The number of hydrogen-bond acceptors (Lipinski definition) is 5. The summed E-state index contributed by atoms with van der Waals surface area (Å²) in [4.78, 5) is 27.4. The second kappa shape index (κ2) is 4.92. The van der Waals surface area contributed by atoms with E-state index in [4.69, 9.17) is 0 Å². The summed E-state index contributed by atoms with van der Waals surface area (Å²) in [5.74, 6) is -0.703. The molecule has 0 radical (unpaired) electrons. The highest BCUT2D eigenvalue weighted by molar-refractivity contribution is 8.78. The molecule has 0 aliphatic carbocycles. The van der Waals surface area contributed by atoms with Gasteiger partial charge in [0, 0.05) is 13.5 Å². The third-order valence-electron chi connectivity index (χ3n) is 5.54. The van der Waals surface area contributed by atoms with Crippen LogP contribution in [0.15, 0.2) is 24.3 Å². The lowest BCUT2D eigenvalue weighted by molar-refractivity contribution is -0.164. The van der Waals surface area contributed by atoms with Crippen LogP contribution in [0.2, 0.25) is 0 Å². The van der Waals surface area contributed by atoms with Gasteiger partial charge in [0.2, 0.25) is 0 Å². The lowest BCUT2D eigenvalue weighted by atomic mass is 9.79. The van der Waals surface area contributed by atoms with Gasteiger partial charge in [0.15, 0.2) is 9.74 Å². The number of benzene rings is 1. The number of amides is 2. The fourth-order valence-corrected chi connectivity index (χ4v) is 7.65. The monoisotopic (exact) mass is 377 g/mol. The van der Waals surface area contributed by atoms with Crippen LogP contribution in [0.25, 0.3) is 0 Å². The van der Waals surface area contributed by atoms with Crippen molar-refractivity contribution in [1.82, 2.24) is 9.80 Å². The molecule has 4 saturated heterocycles. The van der Waals surface area contributed by atoms with Crippen molar-refractivity contribution < 1.29 is 14.0 Å². The summed E-state index contributed by atoms with van der Waals surface area (Å²) in [6, 6.07) is 7.57. The molecule has 4 fully saturated rings. The smallest absolute Gasteiger partial charge is 0.261 e. The highest BCUT2D eigenvalue weighted by Crippen LogP contribution is 2.69. The maximum absolute atomic E-state index is 13.4. The molecule has 0 aromatic heterocycles. The Labute approximate surface area is 152 Å². The fraction of sp³-hybridized carbons (Fsp3) is 0.471. The first-order valence-corrected chi connectivity index (χ1v) is 10.0. The van der Waals surface area contributed by atoms with Crippen LogP contribution in [-0.4, -0.2) is 38.4 Å². The molecule has 4 aliphatic heterocycles.